The number of nitrogens with one attached hydrogen (secondary N) is 1. The van der Waals surface area contributed by atoms with Gasteiger partial charge in [-0.05, 0) is 43.7 Å². The number of rotatable bonds is 7. The summed E-state index contributed by atoms with van der Waals surface area (Å²) in [5.74, 6) is -0.477. The SMILES string of the molecule is CC(C)N(Cc1ccccc1)C(=O)c1cc(C(=O)NCc2ccccn2)ccn1. The third kappa shape index (κ3) is 5.48. The largest absolute Gasteiger partial charge is 0.346 e. The molecule has 29 heavy (non-hydrogen) atoms. The zero-order valence-corrected chi connectivity index (χ0v) is 16.6. The Morgan fingerprint density at radius 2 is 1.72 bits per heavy atom. The summed E-state index contributed by atoms with van der Waals surface area (Å²) in [4.78, 5) is 35.7. The van der Waals surface area contributed by atoms with Gasteiger partial charge < -0.3 is 10.2 Å². The first-order chi connectivity index (χ1) is 14.0. The monoisotopic (exact) mass is 388 g/mol. The molecule has 0 saturated heterocycles. The predicted octanol–water partition coefficient (Wildman–Crippen LogP) is 3.46. The van der Waals surface area contributed by atoms with Crippen molar-refractivity contribution in [3.63, 3.8) is 0 Å². The minimum Gasteiger partial charge on any atom is -0.346 e. The molecule has 6 nitrogen and oxygen atoms in total. The van der Waals surface area contributed by atoms with E-state index in [1.54, 1.807) is 17.2 Å². The van der Waals surface area contributed by atoms with Crippen LogP contribution in [0.1, 0.15) is 46.0 Å². The number of hydrogen-bond acceptors (Lipinski definition) is 4. The Balaban J connectivity index is 1.72. The number of carbonyl (C=O) groups is 2. The zero-order chi connectivity index (χ0) is 20.6. The van der Waals surface area contributed by atoms with Gasteiger partial charge in [0, 0.05) is 30.5 Å². The summed E-state index contributed by atoms with van der Waals surface area (Å²) < 4.78 is 0. The van der Waals surface area contributed by atoms with Crippen LogP contribution in [0.5, 0.6) is 0 Å². The molecule has 3 aromatic rings. The number of aromatic nitrogens is 2. The van der Waals surface area contributed by atoms with E-state index in [0.717, 1.165) is 11.3 Å². The third-order valence-electron chi connectivity index (χ3n) is 4.48. The molecular weight excluding hydrogens is 364 g/mol. The molecule has 2 heterocycles. The van der Waals surface area contributed by atoms with Gasteiger partial charge in [0.2, 0.25) is 0 Å². The van der Waals surface area contributed by atoms with E-state index in [2.05, 4.69) is 15.3 Å². The van der Waals surface area contributed by atoms with E-state index in [1.807, 2.05) is 62.4 Å². The Kier molecular flexibility index (Phi) is 6.68. The van der Waals surface area contributed by atoms with Gasteiger partial charge in [-0.2, -0.15) is 0 Å². The maximum absolute atomic E-state index is 13.1. The molecular formula is C23H24N4O2. The Morgan fingerprint density at radius 3 is 2.41 bits per heavy atom. The lowest BCUT2D eigenvalue weighted by Crippen LogP contribution is -2.37. The fourth-order valence-electron chi connectivity index (χ4n) is 2.88. The van der Waals surface area contributed by atoms with E-state index in [1.165, 1.54) is 12.3 Å². The van der Waals surface area contributed by atoms with Crippen LogP contribution in [0.25, 0.3) is 0 Å². The van der Waals surface area contributed by atoms with Gasteiger partial charge >= 0.3 is 0 Å². The van der Waals surface area contributed by atoms with Crippen molar-refractivity contribution in [2.24, 2.45) is 0 Å². The van der Waals surface area contributed by atoms with Crippen LogP contribution in [0.2, 0.25) is 0 Å². The molecule has 0 unspecified atom stereocenters. The van der Waals surface area contributed by atoms with Gasteiger partial charge in [-0.15, -0.1) is 0 Å². The molecule has 1 aromatic carbocycles. The molecule has 0 fully saturated rings. The highest BCUT2D eigenvalue weighted by Gasteiger charge is 2.21. The van der Waals surface area contributed by atoms with Crippen molar-refractivity contribution in [2.75, 3.05) is 0 Å². The fourth-order valence-corrected chi connectivity index (χ4v) is 2.88. The van der Waals surface area contributed by atoms with Crippen LogP contribution < -0.4 is 5.32 Å². The summed E-state index contributed by atoms with van der Waals surface area (Å²) in [6, 6.07) is 18.5. The molecule has 0 bridgehead atoms. The first-order valence-corrected chi connectivity index (χ1v) is 9.53. The number of carbonyl (C=O) groups excluding carboxylic acids is 2. The van der Waals surface area contributed by atoms with Gasteiger partial charge in [-0.1, -0.05) is 36.4 Å². The highest BCUT2D eigenvalue weighted by Crippen LogP contribution is 2.13. The number of hydrogen-bond donors (Lipinski definition) is 1. The minimum absolute atomic E-state index is 0.00820. The van der Waals surface area contributed by atoms with Gasteiger partial charge in [-0.3, -0.25) is 19.6 Å². The van der Waals surface area contributed by atoms with E-state index in [4.69, 9.17) is 0 Å². The van der Waals surface area contributed by atoms with Crippen LogP contribution in [-0.2, 0) is 13.1 Å². The second-order valence-corrected chi connectivity index (χ2v) is 6.95. The number of pyridine rings is 2. The number of benzene rings is 1. The molecule has 3 rings (SSSR count). The highest BCUT2D eigenvalue weighted by atomic mass is 16.2. The predicted molar refractivity (Wildman–Crippen MR) is 111 cm³/mol. The van der Waals surface area contributed by atoms with Crippen LogP contribution in [-0.4, -0.2) is 32.7 Å². The Labute approximate surface area is 170 Å². The van der Waals surface area contributed by atoms with Crippen molar-refractivity contribution in [3.05, 3.63) is 95.6 Å². The maximum Gasteiger partial charge on any atom is 0.272 e. The quantitative estimate of drug-likeness (QED) is 0.673. The van der Waals surface area contributed by atoms with Gasteiger partial charge in [0.15, 0.2) is 0 Å². The Bertz CT molecular complexity index is 959. The lowest BCUT2D eigenvalue weighted by Gasteiger charge is -2.26. The van der Waals surface area contributed by atoms with Crippen molar-refractivity contribution < 1.29 is 9.59 Å². The molecule has 0 aliphatic heterocycles. The molecule has 0 saturated carbocycles. The Hall–Kier alpha value is -3.54. The van der Waals surface area contributed by atoms with Crippen molar-refractivity contribution in [2.45, 2.75) is 33.0 Å². The van der Waals surface area contributed by atoms with Crippen LogP contribution in [0, 0.1) is 0 Å². The van der Waals surface area contributed by atoms with Crippen molar-refractivity contribution in [3.8, 4) is 0 Å². The van der Waals surface area contributed by atoms with Crippen LogP contribution >= 0.6 is 0 Å². The second kappa shape index (κ2) is 9.59. The molecule has 148 valence electrons. The topological polar surface area (TPSA) is 75.2 Å². The summed E-state index contributed by atoms with van der Waals surface area (Å²) in [7, 11) is 0. The summed E-state index contributed by atoms with van der Waals surface area (Å²) in [6.45, 7) is 4.72. The normalized spacial score (nSPS) is 10.6. The van der Waals surface area contributed by atoms with Crippen LogP contribution in [0.15, 0.2) is 73.1 Å². The van der Waals surface area contributed by atoms with Gasteiger partial charge in [0.05, 0.1) is 12.2 Å². The molecule has 2 amide bonds. The number of amides is 2. The molecule has 6 heteroatoms. The van der Waals surface area contributed by atoms with E-state index in [-0.39, 0.29) is 23.6 Å². The standard InChI is InChI=1S/C23H24N4O2/c1-17(2)27(16-18-8-4-3-5-9-18)23(29)21-14-19(11-13-25-21)22(28)26-15-20-10-6-7-12-24-20/h3-14,17H,15-16H2,1-2H3,(H,26,28). The summed E-state index contributed by atoms with van der Waals surface area (Å²) >= 11 is 0. The molecule has 0 spiro atoms. The second-order valence-electron chi connectivity index (χ2n) is 6.95. The van der Waals surface area contributed by atoms with Gasteiger partial charge in [0.1, 0.15) is 5.69 Å². The average molecular weight is 388 g/mol. The first-order valence-electron chi connectivity index (χ1n) is 9.53. The lowest BCUT2D eigenvalue weighted by molar-refractivity contribution is 0.0684. The van der Waals surface area contributed by atoms with Crippen LogP contribution in [0.3, 0.4) is 0 Å². The summed E-state index contributed by atoms with van der Waals surface area (Å²) in [5, 5.41) is 2.82. The highest BCUT2D eigenvalue weighted by molar-refractivity contribution is 5.98. The van der Waals surface area contributed by atoms with E-state index < -0.39 is 0 Å². The molecule has 0 atom stereocenters. The first kappa shape index (κ1) is 20.2. The van der Waals surface area contributed by atoms with Gasteiger partial charge in [-0.25, -0.2) is 0 Å². The van der Waals surface area contributed by atoms with Crippen molar-refractivity contribution in [1.29, 1.82) is 0 Å². The van der Waals surface area contributed by atoms with Crippen LogP contribution in [0.4, 0.5) is 0 Å². The maximum atomic E-state index is 13.1. The molecule has 1 N–H and O–H groups in total. The molecule has 2 aromatic heterocycles. The van der Waals surface area contributed by atoms with Crippen molar-refractivity contribution in [1.82, 2.24) is 20.2 Å². The minimum atomic E-state index is -0.272. The average Bonchev–Trinajstić information content (AvgIpc) is 2.76. The van der Waals surface area contributed by atoms with E-state index in [9.17, 15) is 9.59 Å². The fraction of sp³-hybridized carbons (Fsp3) is 0.217. The smallest absolute Gasteiger partial charge is 0.272 e. The Morgan fingerprint density at radius 1 is 0.966 bits per heavy atom. The van der Waals surface area contributed by atoms with Crippen molar-refractivity contribution >= 4 is 11.8 Å². The third-order valence-corrected chi connectivity index (χ3v) is 4.48. The zero-order valence-electron chi connectivity index (χ0n) is 16.6. The lowest BCUT2D eigenvalue weighted by atomic mass is 10.1. The molecule has 0 aliphatic rings. The molecule has 0 aliphatic carbocycles. The summed E-state index contributed by atoms with van der Waals surface area (Å²) in [6.07, 6.45) is 3.17. The van der Waals surface area contributed by atoms with E-state index in [0.29, 0.717) is 18.7 Å². The number of nitrogens with zero attached hydrogens (tertiary/aromatic N) is 3. The summed E-state index contributed by atoms with van der Waals surface area (Å²) in [5.41, 5.74) is 2.45. The molecule has 0 radical (unpaired) electrons. The van der Waals surface area contributed by atoms with E-state index >= 15 is 0 Å². The van der Waals surface area contributed by atoms with Gasteiger partial charge in [0.25, 0.3) is 11.8 Å².